The second-order valence-electron chi connectivity index (χ2n) is 4.87. The predicted molar refractivity (Wildman–Crippen MR) is 77.7 cm³/mol. The predicted octanol–water partition coefficient (Wildman–Crippen LogP) is 2.60. The zero-order valence-corrected chi connectivity index (χ0v) is 12.0. The van der Waals surface area contributed by atoms with E-state index >= 15 is 0 Å². The fourth-order valence-electron chi connectivity index (χ4n) is 2.05. The number of rotatable bonds is 5. The fraction of sp³-hybridized carbons (Fsp3) is 0.250. The molecule has 0 bridgehead atoms. The molecular formula is C16H14F3NO3. The molecule has 1 amide bonds. The number of fused-ring (bicyclic) bond motifs is 1. The van der Waals surface area contributed by atoms with Crippen LogP contribution in [-0.2, 0) is 20.7 Å². The van der Waals surface area contributed by atoms with Crippen LogP contribution in [0.3, 0.4) is 0 Å². The minimum Gasteiger partial charge on any atom is -0.455 e. The molecule has 0 heterocycles. The molecule has 0 atom stereocenters. The Kier molecular flexibility index (Phi) is 5.20. The lowest BCUT2D eigenvalue weighted by Crippen LogP contribution is -2.36. The molecule has 4 nitrogen and oxygen atoms in total. The van der Waals surface area contributed by atoms with E-state index in [4.69, 9.17) is 4.74 Å². The zero-order chi connectivity index (χ0) is 16.9. The molecule has 122 valence electrons. The van der Waals surface area contributed by atoms with Crippen LogP contribution in [-0.4, -0.2) is 31.2 Å². The van der Waals surface area contributed by atoms with Crippen molar-refractivity contribution in [3.05, 3.63) is 48.0 Å². The number of alkyl halides is 3. The van der Waals surface area contributed by atoms with Crippen molar-refractivity contribution in [1.29, 1.82) is 0 Å². The molecule has 0 aliphatic carbocycles. The second-order valence-corrected chi connectivity index (χ2v) is 4.87. The maximum absolute atomic E-state index is 11.9. The molecule has 0 saturated carbocycles. The van der Waals surface area contributed by atoms with Gasteiger partial charge in [0, 0.05) is 0 Å². The van der Waals surface area contributed by atoms with Crippen LogP contribution in [0.4, 0.5) is 13.2 Å². The first-order valence-corrected chi connectivity index (χ1v) is 6.81. The summed E-state index contributed by atoms with van der Waals surface area (Å²) >= 11 is 0. The first kappa shape index (κ1) is 16.8. The lowest BCUT2D eigenvalue weighted by Gasteiger charge is -2.09. The summed E-state index contributed by atoms with van der Waals surface area (Å²) in [5.41, 5.74) is 0.726. The first-order valence-electron chi connectivity index (χ1n) is 6.81. The number of carbonyl (C=O) groups is 2. The van der Waals surface area contributed by atoms with Crippen LogP contribution in [0.2, 0.25) is 0 Å². The van der Waals surface area contributed by atoms with Gasteiger partial charge >= 0.3 is 12.1 Å². The number of carbonyl (C=O) groups excluding carboxylic acids is 2. The van der Waals surface area contributed by atoms with Crippen molar-refractivity contribution in [2.75, 3.05) is 13.2 Å². The van der Waals surface area contributed by atoms with Crippen molar-refractivity contribution >= 4 is 22.6 Å². The SMILES string of the molecule is O=C(COC(=O)Cc1cccc2ccccc12)NCC(F)(F)F. The smallest absolute Gasteiger partial charge is 0.405 e. The summed E-state index contributed by atoms with van der Waals surface area (Å²) in [6.45, 7) is -2.19. The van der Waals surface area contributed by atoms with E-state index in [-0.39, 0.29) is 6.42 Å². The van der Waals surface area contributed by atoms with Crippen LogP contribution in [0.5, 0.6) is 0 Å². The van der Waals surface area contributed by atoms with E-state index in [0.29, 0.717) is 0 Å². The molecule has 0 aliphatic heterocycles. The number of ether oxygens (including phenoxy) is 1. The van der Waals surface area contributed by atoms with Crippen molar-refractivity contribution < 1.29 is 27.5 Å². The lowest BCUT2D eigenvalue weighted by atomic mass is 10.0. The highest BCUT2D eigenvalue weighted by Crippen LogP contribution is 2.19. The fourth-order valence-corrected chi connectivity index (χ4v) is 2.05. The van der Waals surface area contributed by atoms with Crippen LogP contribution >= 0.6 is 0 Å². The van der Waals surface area contributed by atoms with E-state index in [1.807, 2.05) is 30.3 Å². The molecule has 0 aliphatic rings. The summed E-state index contributed by atoms with van der Waals surface area (Å²) in [5, 5.41) is 3.47. The summed E-state index contributed by atoms with van der Waals surface area (Å²) < 4.78 is 40.5. The molecule has 0 spiro atoms. The van der Waals surface area contributed by atoms with Crippen molar-refractivity contribution in [3.63, 3.8) is 0 Å². The van der Waals surface area contributed by atoms with Gasteiger partial charge in [0.25, 0.3) is 5.91 Å². The van der Waals surface area contributed by atoms with Gasteiger partial charge in [0.05, 0.1) is 6.42 Å². The minimum atomic E-state index is -4.50. The quantitative estimate of drug-likeness (QED) is 0.860. The highest BCUT2D eigenvalue weighted by Gasteiger charge is 2.27. The van der Waals surface area contributed by atoms with E-state index in [1.165, 1.54) is 0 Å². The van der Waals surface area contributed by atoms with Gasteiger partial charge in [0.15, 0.2) is 6.61 Å². The summed E-state index contributed by atoms with van der Waals surface area (Å²) in [7, 11) is 0. The topological polar surface area (TPSA) is 55.4 Å². The van der Waals surface area contributed by atoms with Crippen LogP contribution in [0.1, 0.15) is 5.56 Å². The zero-order valence-electron chi connectivity index (χ0n) is 12.0. The second kappa shape index (κ2) is 7.13. The molecule has 0 saturated heterocycles. The number of amides is 1. The Balaban J connectivity index is 1.88. The number of nitrogens with one attached hydrogen (secondary N) is 1. The van der Waals surface area contributed by atoms with Crippen LogP contribution < -0.4 is 5.32 Å². The third-order valence-corrected chi connectivity index (χ3v) is 3.06. The Labute approximate surface area is 130 Å². The van der Waals surface area contributed by atoms with E-state index in [0.717, 1.165) is 16.3 Å². The summed E-state index contributed by atoms with van der Waals surface area (Å²) in [4.78, 5) is 22.9. The summed E-state index contributed by atoms with van der Waals surface area (Å²) in [6, 6.07) is 12.9. The van der Waals surface area contributed by atoms with E-state index in [1.54, 1.807) is 17.4 Å². The maximum atomic E-state index is 11.9. The van der Waals surface area contributed by atoms with Gasteiger partial charge in [-0.2, -0.15) is 13.2 Å². The van der Waals surface area contributed by atoms with Gasteiger partial charge in [-0.25, -0.2) is 0 Å². The Bertz CT molecular complexity index is 708. The van der Waals surface area contributed by atoms with Gasteiger partial charge in [-0.15, -0.1) is 0 Å². The molecule has 7 heteroatoms. The lowest BCUT2D eigenvalue weighted by molar-refractivity contribution is -0.150. The largest absolute Gasteiger partial charge is 0.455 e. The van der Waals surface area contributed by atoms with Gasteiger partial charge < -0.3 is 10.1 Å². The Morgan fingerprint density at radius 1 is 1.04 bits per heavy atom. The van der Waals surface area contributed by atoms with Crippen molar-refractivity contribution in [2.24, 2.45) is 0 Å². The molecule has 0 radical (unpaired) electrons. The normalized spacial score (nSPS) is 11.3. The highest BCUT2D eigenvalue weighted by atomic mass is 19.4. The molecule has 2 aromatic carbocycles. The number of hydrogen-bond acceptors (Lipinski definition) is 3. The first-order chi connectivity index (χ1) is 10.8. The number of esters is 1. The van der Waals surface area contributed by atoms with Crippen LogP contribution in [0, 0.1) is 0 Å². The maximum Gasteiger partial charge on any atom is 0.405 e. The molecule has 0 unspecified atom stereocenters. The molecule has 0 aromatic heterocycles. The molecule has 23 heavy (non-hydrogen) atoms. The van der Waals surface area contributed by atoms with Crippen molar-refractivity contribution in [2.45, 2.75) is 12.6 Å². The van der Waals surface area contributed by atoms with Crippen molar-refractivity contribution in [1.82, 2.24) is 5.32 Å². The summed E-state index contributed by atoms with van der Waals surface area (Å²) in [6.07, 6.45) is -4.56. The van der Waals surface area contributed by atoms with Gasteiger partial charge in [-0.3, -0.25) is 9.59 Å². The highest BCUT2D eigenvalue weighted by molar-refractivity contribution is 5.89. The monoisotopic (exact) mass is 325 g/mol. The van der Waals surface area contributed by atoms with Gasteiger partial charge in [0.1, 0.15) is 6.54 Å². The van der Waals surface area contributed by atoms with E-state index in [2.05, 4.69) is 0 Å². The standard InChI is InChI=1S/C16H14F3NO3/c17-16(18,19)10-20-14(21)9-23-15(22)8-12-6-3-5-11-4-1-2-7-13(11)12/h1-7H,8-10H2,(H,20,21). The molecular weight excluding hydrogens is 311 g/mol. The minimum absolute atomic E-state index is 0.0616. The van der Waals surface area contributed by atoms with Crippen LogP contribution in [0.15, 0.2) is 42.5 Å². The van der Waals surface area contributed by atoms with E-state index < -0.39 is 31.2 Å². The Hall–Kier alpha value is -2.57. The molecule has 2 aromatic rings. The Morgan fingerprint density at radius 3 is 2.48 bits per heavy atom. The van der Waals surface area contributed by atoms with Gasteiger partial charge in [-0.05, 0) is 16.3 Å². The Morgan fingerprint density at radius 2 is 1.74 bits per heavy atom. The van der Waals surface area contributed by atoms with Crippen LogP contribution in [0.25, 0.3) is 10.8 Å². The number of benzene rings is 2. The van der Waals surface area contributed by atoms with Gasteiger partial charge in [0.2, 0.25) is 0 Å². The average molecular weight is 325 g/mol. The third-order valence-electron chi connectivity index (χ3n) is 3.06. The molecule has 0 fully saturated rings. The average Bonchev–Trinajstić information content (AvgIpc) is 2.50. The van der Waals surface area contributed by atoms with E-state index in [9.17, 15) is 22.8 Å². The number of halogens is 3. The van der Waals surface area contributed by atoms with Gasteiger partial charge in [-0.1, -0.05) is 42.5 Å². The molecule has 1 N–H and O–H groups in total. The summed E-state index contributed by atoms with van der Waals surface area (Å²) in [5.74, 6) is -1.67. The number of hydrogen-bond donors (Lipinski definition) is 1. The van der Waals surface area contributed by atoms with Crippen molar-refractivity contribution in [3.8, 4) is 0 Å². The molecule has 2 rings (SSSR count). The third kappa shape index (κ3) is 5.28.